The molecule has 18 heavy (non-hydrogen) atoms. The number of benzene rings is 1. The molecule has 1 aromatic carbocycles. The third-order valence-electron chi connectivity index (χ3n) is 3.82. The number of anilines is 1. The van der Waals surface area contributed by atoms with E-state index in [1.54, 1.807) is 12.1 Å². The first kappa shape index (κ1) is 11.2. The molecule has 1 N–H and O–H groups in total. The molecule has 2 unspecified atom stereocenters. The Balaban J connectivity index is 1.94. The molecule has 94 valence electrons. The zero-order valence-electron chi connectivity index (χ0n) is 10.0. The lowest BCUT2D eigenvalue weighted by Crippen LogP contribution is -2.43. The van der Waals surface area contributed by atoms with Gasteiger partial charge in [-0.05, 0) is 18.6 Å². The predicted molar refractivity (Wildman–Crippen MR) is 70.7 cm³/mol. The fourth-order valence-corrected chi connectivity index (χ4v) is 2.93. The maximum absolute atomic E-state index is 10.9. The van der Waals surface area contributed by atoms with E-state index in [1.807, 2.05) is 12.1 Å². The van der Waals surface area contributed by atoms with E-state index < -0.39 is 0 Å². The van der Waals surface area contributed by atoms with Gasteiger partial charge in [0.1, 0.15) is 0 Å². The van der Waals surface area contributed by atoms with E-state index in [-0.39, 0.29) is 10.6 Å². The molecule has 1 aromatic rings. The van der Waals surface area contributed by atoms with Gasteiger partial charge < -0.3 is 10.2 Å². The Labute approximate surface area is 105 Å². The SMILES string of the molecule is C=Cc1cc(N2CC3CC2CN3)ccc1[N+](=O)[O-]. The Morgan fingerprint density at radius 3 is 2.94 bits per heavy atom. The van der Waals surface area contributed by atoms with Gasteiger partial charge in [-0.1, -0.05) is 12.7 Å². The largest absolute Gasteiger partial charge is 0.366 e. The summed E-state index contributed by atoms with van der Waals surface area (Å²) in [5, 5.41) is 14.3. The van der Waals surface area contributed by atoms with E-state index in [0.717, 1.165) is 18.8 Å². The molecule has 5 heteroatoms. The van der Waals surface area contributed by atoms with Crippen LogP contribution in [0.1, 0.15) is 12.0 Å². The second-order valence-electron chi connectivity index (χ2n) is 4.85. The van der Waals surface area contributed by atoms with Crippen molar-refractivity contribution in [2.24, 2.45) is 0 Å². The Morgan fingerprint density at radius 2 is 2.39 bits per heavy atom. The molecule has 2 aliphatic heterocycles. The molecule has 0 radical (unpaired) electrons. The van der Waals surface area contributed by atoms with Crippen molar-refractivity contribution in [2.45, 2.75) is 18.5 Å². The second kappa shape index (κ2) is 4.10. The van der Waals surface area contributed by atoms with Crippen molar-refractivity contribution in [3.8, 4) is 0 Å². The van der Waals surface area contributed by atoms with Gasteiger partial charge in [-0.15, -0.1) is 0 Å². The van der Waals surface area contributed by atoms with Crippen LogP contribution in [0.2, 0.25) is 0 Å². The van der Waals surface area contributed by atoms with Crippen molar-refractivity contribution < 1.29 is 4.92 Å². The summed E-state index contributed by atoms with van der Waals surface area (Å²) < 4.78 is 0. The van der Waals surface area contributed by atoms with E-state index in [0.29, 0.717) is 17.6 Å². The topological polar surface area (TPSA) is 58.4 Å². The summed E-state index contributed by atoms with van der Waals surface area (Å²) >= 11 is 0. The standard InChI is InChI=1S/C13H15N3O2/c1-2-9-5-11(3-4-13(9)16(17)18)15-8-10-6-12(15)7-14-10/h2-5,10,12,14H,1,6-8H2. The third kappa shape index (κ3) is 1.67. The number of nitro groups is 1. The fraction of sp³-hybridized carbons (Fsp3) is 0.385. The van der Waals surface area contributed by atoms with Crippen LogP contribution in [0, 0.1) is 10.1 Å². The minimum Gasteiger partial charge on any atom is -0.366 e. The van der Waals surface area contributed by atoms with Gasteiger partial charge in [0, 0.05) is 36.9 Å². The number of hydrogen-bond acceptors (Lipinski definition) is 4. The molecule has 2 atom stereocenters. The maximum atomic E-state index is 10.9. The summed E-state index contributed by atoms with van der Waals surface area (Å²) in [5.74, 6) is 0. The molecule has 2 bridgehead atoms. The number of nitro benzene ring substituents is 1. The van der Waals surface area contributed by atoms with Crippen LogP contribution in [-0.2, 0) is 0 Å². The van der Waals surface area contributed by atoms with Crippen molar-refractivity contribution in [2.75, 3.05) is 18.0 Å². The van der Waals surface area contributed by atoms with Gasteiger partial charge in [0.15, 0.2) is 0 Å². The smallest absolute Gasteiger partial charge is 0.276 e. The number of hydrogen-bond donors (Lipinski definition) is 1. The maximum Gasteiger partial charge on any atom is 0.276 e. The minimum absolute atomic E-state index is 0.122. The van der Waals surface area contributed by atoms with Crippen LogP contribution >= 0.6 is 0 Å². The highest BCUT2D eigenvalue weighted by atomic mass is 16.6. The van der Waals surface area contributed by atoms with E-state index in [2.05, 4.69) is 16.8 Å². The average Bonchev–Trinajstić information content (AvgIpc) is 3.00. The molecule has 5 nitrogen and oxygen atoms in total. The van der Waals surface area contributed by atoms with Crippen LogP contribution in [0.4, 0.5) is 11.4 Å². The van der Waals surface area contributed by atoms with Crippen LogP contribution in [0.15, 0.2) is 24.8 Å². The molecular weight excluding hydrogens is 230 g/mol. The summed E-state index contributed by atoms with van der Waals surface area (Å²) in [6.07, 6.45) is 2.72. The van der Waals surface area contributed by atoms with Crippen molar-refractivity contribution >= 4 is 17.5 Å². The van der Waals surface area contributed by atoms with Crippen LogP contribution in [0.25, 0.3) is 6.08 Å². The number of fused-ring (bicyclic) bond motifs is 2. The number of rotatable bonds is 3. The second-order valence-corrected chi connectivity index (χ2v) is 4.85. The normalized spacial score (nSPS) is 25.4. The zero-order valence-corrected chi connectivity index (χ0v) is 10.0. The fourth-order valence-electron chi connectivity index (χ4n) is 2.93. The highest BCUT2D eigenvalue weighted by Gasteiger charge is 2.37. The van der Waals surface area contributed by atoms with Crippen LogP contribution in [0.3, 0.4) is 0 Å². The van der Waals surface area contributed by atoms with Gasteiger partial charge in [-0.2, -0.15) is 0 Å². The molecule has 0 spiro atoms. The van der Waals surface area contributed by atoms with Crippen LogP contribution in [0.5, 0.6) is 0 Å². The molecule has 0 amide bonds. The summed E-state index contributed by atoms with van der Waals surface area (Å²) in [5.41, 5.74) is 1.77. The molecule has 3 rings (SSSR count). The Kier molecular flexibility index (Phi) is 2.56. The lowest BCUT2D eigenvalue weighted by molar-refractivity contribution is -0.385. The molecule has 2 fully saturated rings. The number of nitrogens with one attached hydrogen (secondary N) is 1. The van der Waals surface area contributed by atoms with E-state index in [1.165, 1.54) is 6.42 Å². The predicted octanol–water partition coefficient (Wildman–Crippen LogP) is 1.79. The van der Waals surface area contributed by atoms with E-state index in [4.69, 9.17) is 0 Å². The van der Waals surface area contributed by atoms with Gasteiger partial charge in [0.05, 0.1) is 10.5 Å². The first-order valence-corrected chi connectivity index (χ1v) is 6.10. The number of nitrogens with zero attached hydrogens (tertiary/aromatic N) is 2. The molecule has 2 aliphatic rings. The Hall–Kier alpha value is -1.88. The third-order valence-corrected chi connectivity index (χ3v) is 3.82. The monoisotopic (exact) mass is 245 g/mol. The first-order valence-electron chi connectivity index (χ1n) is 6.10. The number of piperazine rings is 1. The van der Waals surface area contributed by atoms with Crippen molar-refractivity contribution in [1.29, 1.82) is 0 Å². The van der Waals surface area contributed by atoms with Crippen LogP contribution in [-0.4, -0.2) is 30.1 Å². The summed E-state index contributed by atoms with van der Waals surface area (Å²) in [6.45, 7) is 5.64. The molecule has 2 heterocycles. The van der Waals surface area contributed by atoms with Crippen molar-refractivity contribution in [1.82, 2.24) is 5.32 Å². The van der Waals surface area contributed by atoms with Crippen molar-refractivity contribution in [3.05, 3.63) is 40.5 Å². The van der Waals surface area contributed by atoms with E-state index >= 15 is 0 Å². The van der Waals surface area contributed by atoms with Gasteiger partial charge in [0.2, 0.25) is 0 Å². The summed E-state index contributed by atoms with van der Waals surface area (Å²) in [7, 11) is 0. The van der Waals surface area contributed by atoms with Gasteiger partial charge in [0.25, 0.3) is 5.69 Å². The van der Waals surface area contributed by atoms with Crippen LogP contribution < -0.4 is 10.2 Å². The van der Waals surface area contributed by atoms with Gasteiger partial charge in [-0.3, -0.25) is 10.1 Å². The molecule has 0 aromatic heterocycles. The van der Waals surface area contributed by atoms with Gasteiger partial charge in [-0.25, -0.2) is 0 Å². The zero-order chi connectivity index (χ0) is 12.7. The van der Waals surface area contributed by atoms with Gasteiger partial charge >= 0.3 is 0 Å². The minimum atomic E-state index is -0.363. The Bertz CT molecular complexity index is 515. The highest BCUT2D eigenvalue weighted by molar-refractivity contribution is 5.67. The van der Waals surface area contributed by atoms with Crippen molar-refractivity contribution in [3.63, 3.8) is 0 Å². The first-order chi connectivity index (χ1) is 8.69. The summed E-state index contributed by atoms with van der Waals surface area (Å²) in [6, 6.07) is 6.37. The highest BCUT2D eigenvalue weighted by Crippen LogP contribution is 2.32. The summed E-state index contributed by atoms with van der Waals surface area (Å²) in [4.78, 5) is 12.8. The lowest BCUT2D eigenvalue weighted by Gasteiger charge is -2.29. The molecular formula is C13H15N3O2. The lowest BCUT2D eigenvalue weighted by atomic mass is 10.1. The molecule has 2 saturated heterocycles. The van der Waals surface area contributed by atoms with E-state index in [9.17, 15) is 10.1 Å². The quantitative estimate of drug-likeness (QED) is 0.651. The molecule has 0 saturated carbocycles. The Morgan fingerprint density at radius 1 is 1.56 bits per heavy atom. The average molecular weight is 245 g/mol. The molecule has 0 aliphatic carbocycles.